The molecule has 1 heterocycles. The molecule has 0 aliphatic carbocycles. The molecule has 2 aromatic carbocycles. The number of halogens is 3. The van der Waals surface area contributed by atoms with Gasteiger partial charge in [-0.25, -0.2) is 4.99 Å². The molecule has 43 heavy (non-hydrogen) atoms. The highest BCUT2D eigenvalue weighted by Gasteiger charge is 2.39. The minimum atomic E-state index is -4.55. The monoisotopic (exact) mass is 625 g/mol. The number of nitrogens with zero attached hydrogens (tertiary/aromatic N) is 1. The van der Waals surface area contributed by atoms with Crippen LogP contribution in [0.1, 0.15) is 89.1 Å². The lowest BCUT2D eigenvalue weighted by molar-refractivity contribution is -0.139. The third kappa shape index (κ3) is 11.4. The molecule has 0 aromatic heterocycles. The zero-order valence-electron chi connectivity index (χ0n) is 27.0. The Morgan fingerprint density at radius 1 is 0.930 bits per heavy atom. The fraction of sp³-hybridized carbons (Fsp3) is 0.606. The summed E-state index contributed by atoms with van der Waals surface area (Å²) in [6, 6.07) is 10.4. The topological polar surface area (TPSA) is 58.5 Å². The van der Waals surface area contributed by atoms with Crippen LogP contribution in [0.3, 0.4) is 0 Å². The molecule has 0 saturated carbocycles. The van der Waals surface area contributed by atoms with Gasteiger partial charge in [0.1, 0.15) is 17.9 Å². The van der Waals surface area contributed by atoms with Crippen LogP contribution in [0.15, 0.2) is 41.4 Å². The number of rotatable bonds is 13. The van der Waals surface area contributed by atoms with Gasteiger partial charge in [-0.3, -0.25) is 0 Å². The first-order valence-corrected chi connectivity index (χ1v) is 15.8. The largest absolute Gasteiger partial charge is 0.493 e. The molecule has 1 aliphatic rings. The Hall–Kier alpha value is -2.19. The van der Waals surface area contributed by atoms with Crippen molar-refractivity contribution in [2.75, 3.05) is 19.8 Å². The second-order valence-corrected chi connectivity index (χ2v) is 14.3. The number of alkyl halides is 3. The maximum Gasteiger partial charge on any atom is 0.419 e. The highest BCUT2D eigenvalue weighted by molar-refractivity contribution is 7.41. The Labute approximate surface area is 256 Å². The summed E-state index contributed by atoms with van der Waals surface area (Å²) in [5.41, 5.74) is 1.60. The first-order valence-electron chi connectivity index (χ1n) is 14.7. The Morgan fingerprint density at radius 3 is 2.19 bits per heavy atom. The number of hydrogen-bond acceptors (Lipinski definition) is 6. The van der Waals surface area contributed by atoms with E-state index in [1.54, 1.807) is 13.0 Å². The van der Waals surface area contributed by atoms with Crippen LogP contribution < -0.4 is 4.74 Å². The highest BCUT2D eigenvalue weighted by atomic mass is 31.2. The number of ether oxygens (including phenoxy) is 2. The van der Waals surface area contributed by atoms with Crippen molar-refractivity contribution in [3.63, 3.8) is 0 Å². The number of aryl methyl sites for hydroxylation is 3. The lowest BCUT2D eigenvalue weighted by Gasteiger charge is -2.32. The van der Waals surface area contributed by atoms with Crippen molar-refractivity contribution in [1.82, 2.24) is 0 Å². The number of benzene rings is 2. The number of aliphatic imine (C=N–C) groups is 1. The van der Waals surface area contributed by atoms with E-state index >= 15 is 0 Å². The molecule has 0 amide bonds. The number of hydrogen-bond donors (Lipinski definition) is 0. The summed E-state index contributed by atoms with van der Waals surface area (Å²) in [6.07, 6.45) is -2.43. The van der Waals surface area contributed by atoms with Crippen LogP contribution >= 0.6 is 8.60 Å². The summed E-state index contributed by atoms with van der Waals surface area (Å²) in [5, 5.41) is 0. The quantitative estimate of drug-likeness (QED) is 0.164. The van der Waals surface area contributed by atoms with Crippen LogP contribution in [0.25, 0.3) is 0 Å². The van der Waals surface area contributed by atoms with E-state index in [2.05, 4.69) is 19.9 Å². The maximum absolute atomic E-state index is 14.1. The maximum atomic E-state index is 14.1. The van der Waals surface area contributed by atoms with E-state index in [0.29, 0.717) is 30.7 Å². The minimum absolute atomic E-state index is 0.149. The van der Waals surface area contributed by atoms with Crippen molar-refractivity contribution in [3.8, 4) is 5.75 Å². The molecule has 2 aromatic rings. The Bertz CT molecular complexity index is 1240. The normalized spacial score (nSPS) is 17.7. The summed E-state index contributed by atoms with van der Waals surface area (Å²) >= 11 is 0. The third-order valence-electron chi connectivity index (χ3n) is 6.87. The van der Waals surface area contributed by atoms with E-state index in [0.717, 1.165) is 6.42 Å². The van der Waals surface area contributed by atoms with Crippen molar-refractivity contribution >= 4 is 14.5 Å². The lowest BCUT2D eigenvalue weighted by Crippen LogP contribution is -2.35. The fourth-order valence-electron chi connectivity index (χ4n) is 4.59. The summed E-state index contributed by atoms with van der Waals surface area (Å²) in [7, 11) is -1.71. The molecule has 0 saturated heterocycles. The Balaban J connectivity index is 1.68. The minimum Gasteiger partial charge on any atom is -0.493 e. The predicted octanol–water partition coefficient (Wildman–Crippen LogP) is 9.33. The summed E-state index contributed by atoms with van der Waals surface area (Å²) in [6.45, 7) is 18.0. The van der Waals surface area contributed by atoms with Gasteiger partial charge in [0.15, 0.2) is 5.90 Å². The van der Waals surface area contributed by atoms with Gasteiger partial charge in [-0.2, -0.15) is 13.2 Å². The van der Waals surface area contributed by atoms with E-state index < -0.39 is 37.1 Å². The van der Waals surface area contributed by atoms with Gasteiger partial charge in [0, 0.05) is 6.92 Å². The van der Waals surface area contributed by atoms with Gasteiger partial charge in [-0.05, 0) is 115 Å². The van der Waals surface area contributed by atoms with E-state index in [1.165, 1.54) is 28.8 Å². The van der Waals surface area contributed by atoms with Crippen LogP contribution in [-0.2, 0) is 37.3 Å². The molecule has 0 radical (unpaired) electrons. The average Bonchev–Trinajstić information content (AvgIpc) is 3.25. The van der Waals surface area contributed by atoms with Crippen LogP contribution in [0, 0.1) is 13.8 Å². The lowest BCUT2D eigenvalue weighted by atomic mass is 9.93. The zero-order valence-corrected chi connectivity index (χ0v) is 27.9. The fourth-order valence-corrected chi connectivity index (χ4v) is 5.97. The summed E-state index contributed by atoms with van der Waals surface area (Å²) in [5.74, 6) is 0.361. The predicted molar refractivity (Wildman–Crippen MR) is 166 cm³/mol. The van der Waals surface area contributed by atoms with Gasteiger partial charge in [-0.15, -0.1) is 0 Å². The van der Waals surface area contributed by atoms with Gasteiger partial charge in [-0.1, -0.05) is 24.3 Å². The molecule has 0 N–H and O–H groups in total. The molecule has 240 valence electrons. The van der Waals surface area contributed by atoms with Gasteiger partial charge < -0.3 is 23.0 Å². The van der Waals surface area contributed by atoms with E-state index in [9.17, 15) is 13.2 Å². The SMILES string of the molecule is CC1=NC(CCc2ccc(OCCCc3cccc(C)c3C)c(C(F)(F)F)c2)(COP(OC(C)(C)C)OC(C)(C)C)CO1. The van der Waals surface area contributed by atoms with E-state index in [1.807, 2.05) is 53.7 Å². The molecular weight excluding hydrogens is 578 g/mol. The molecule has 10 heteroatoms. The van der Waals surface area contributed by atoms with Crippen molar-refractivity contribution in [1.29, 1.82) is 0 Å². The molecule has 6 nitrogen and oxygen atoms in total. The van der Waals surface area contributed by atoms with Gasteiger partial charge in [0.05, 0.1) is 30.0 Å². The Kier molecular flexibility index (Phi) is 11.7. The first kappa shape index (κ1) is 35.3. The van der Waals surface area contributed by atoms with Crippen LogP contribution in [0.2, 0.25) is 0 Å². The van der Waals surface area contributed by atoms with Crippen LogP contribution in [0.4, 0.5) is 13.2 Å². The molecule has 0 fully saturated rings. The zero-order chi connectivity index (χ0) is 32.1. The van der Waals surface area contributed by atoms with Crippen molar-refractivity contribution in [2.24, 2.45) is 4.99 Å². The van der Waals surface area contributed by atoms with Crippen molar-refractivity contribution in [2.45, 2.75) is 111 Å². The first-order chi connectivity index (χ1) is 19.9. The van der Waals surface area contributed by atoms with E-state index in [-0.39, 0.29) is 25.6 Å². The Morgan fingerprint density at radius 2 is 1.60 bits per heavy atom. The van der Waals surface area contributed by atoms with E-state index in [4.69, 9.17) is 28.0 Å². The van der Waals surface area contributed by atoms with Gasteiger partial charge >= 0.3 is 14.8 Å². The molecule has 0 spiro atoms. The average molecular weight is 626 g/mol. The highest BCUT2D eigenvalue weighted by Crippen LogP contribution is 2.48. The van der Waals surface area contributed by atoms with Gasteiger partial charge in [0.2, 0.25) is 0 Å². The standard InChI is InChI=1S/C33H47F3NO5P/c1-23-12-10-13-27(24(23)2)14-11-19-38-29-16-15-26(20-28(29)33(34,35)36)17-18-32(21-39-25(3)37-32)22-40-43(41-30(4,5)6)42-31(7,8)9/h10,12-13,15-16,20H,11,14,17-19,21-22H2,1-9H3. The smallest absolute Gasteiger partial charge is 0.419 e. The second-order valence-electron chi connectivity index (χ2n) is 13.2. The molecular formula is C33H47F3NO5P. The molecule has 1 aliphatic heterocycles. The van der Waals surface area contributed by atoms with Gasteiger partial charge in [0.25, 0.3) is 0 Å². The molecule has 1 unspecified atom stereocenters. The second kappa shape index (κ2) is 14.3. The van der Waals surface area contributed by atoms with Crippen molar-refractivity contribution < 1.29 is 36.2 Å². The third-order valence-corrected chi connectivity index (χ3v) is 8.61. The summed E-state index contributed by atoms with van der Waals surface area (Å²) in [4.78, 5) is 4.70. The van der Waals surface area contributed by atoms with Crippen LogP contribution in [0.5, 0.6) is 5.75 Å². The van der Waals surface area contributed by atoms with Crippen molar-refractivity contribution in [3.05, 3.63) is 64.2 Å². The molecule has 0 bridgehead atoms. The molecule has 3 rings (SSSR count). The van der Waals surface area contributed by atoms with Crippen LogP contribution in [-0.4, -0.2) is 42.5 Å². The summed E-state index contributed by atoms with van der Waals surface area (Å²) < 4.78 is 71.8. The molecule has 1 atom stereocenters.